The van der Waals surface area contributed by atoms with Gasteiger partial charge in [-0.25, -0.2) is 9.59 Å². The van der Waals surface area contributed by atoms with Gasteiger partial charge in [0, 0.05) is 26.2 Å². The predicted octanol–water partition coefficient (Wildman–Crippen LogP) is -0.817. The van der Waals surface area contributed by atoms with Gasteiger partial charge in [0.15, 0.2) is 0 Å². The fourth-order valence-electron chi connectivity index (χ4n) is 0.147. The standard InChI is InChI=1S/C2O5.Zr/c3-1-2(4)6-7-5-1;. The smallest absolute Gasteiger partial charge is 0.233 e. The molecule has 1 rings (SSSR count). The summed E-state index contributed by atoms with van der Waals surface area (Å²) in [6.45, 7) is 0. The summed E-state index contributed by atoms with van der Waals surface area (Å²) in [5.41, 5.74) is -2.25. The molecule has 42 valence electrons. The van der Waals surface area contributed by atoms with Crippen molar-refractivity contribution in [3.63, 3.8) is 0 Å². The van der Waals surface area contributed by atoms with E-state index in [0.29, 0.717) is 0 Å². The topological polar surface area (TPSA) is 73.6 Å². The first kappa shape index (κ1) is 7.62. The van der Waals surface area contributed by atoms with E-state index in [1.54, 1.807) is 0 Å². The van der Waals surface area contributed by atoms with Crippen LogP contribution in [0.4, 0.5) is 0 Å². The van der Waals surface area contributed by atoms with E-state index in [-0.39, 0.29) is 26.2 Å². The maximum Gasteiger partial charge on any atom is 0.471 e. The second kappa shape index (κ2) is 2.82. The fraction of sp³-hybridized carbons (Fsp3) is 0. The first-order valence-electron chi connectivity index (χ1n) is 1.40. The first-order chi connectivity index (χ1) is 3.30. The third-order valence-corrected chi connectivity index (χ3v) is 0.386. The van der Waals surface area contributed by atoms with Crippen molar-refractivity contribution in [2.24, 2.45) is 0 Å². The van der Waals surface area contributed by atoms with E-state index < -0.39 is 11.3 Å². The Hall–Kier alpha value is -0.377. The van der Waals surface area contributed by atoms with Gasteiger partial charge >= 0.3 is 11.3 Å². The Kier molecular flexibility index (Phi) is 2.68. The summed E-state index contributed by atoms with van der Waals surface area (Å²) in [6.07, 6.45) is 0. The molecule has 0 bridgehead atoms. The van der Waals surface area contributed by atoms with Crippen molar-refractivity contribution in [3.8, 4) is 0 Å². The molecule has 0 amide bonds. The predicted molar refractivity (Wildman–Crippen MR) is 15.8 cm³/mol. The van der Waals surface area contributed by atoms with E-state index in [1.165, 1.54) is 0 Å². The van der Waals surface area contributed by atoms with E-state index in [2.05, 4.69) is 13.9 Å². The average Bonchev–Trinajstić information content (AvgIpc) is 1.91. The number of hydrogen-bond acceptors (Lipinski definition) is 5. The van der Waals surface area contributed by atoms with Crippen molar-refractivity contribution in [1.82, 2.24) is 0 Å². The van der Waals surface area contributed by atoms with Crippen LogP contribution in [0.1, 0.15) is 0 Å². The van der Waals surface area contributed by atoms with Gasteiger partial charge < -0.3 is 0 Å². The van der Waals surface area contributed by atoms with Crippen LogP contribution in [0.25, 0.3) is 0 Å². The van der Waals surface area contributed by atoms with Gasteiger partial charge in [-0.2, -0.15) is 9.15 Å². The van der Waals surface area contributed by atoms with E-state index >= 15 is 0 Å². The molecular formula is C2O5Zr. The molecule has 0 aliphatic heterocycles. The zero-order chi connectivity index (χ0) is 5.28. The summed E-state index contributed by atoms with van der Waals surface area (Å²) in [6, 6.07) is 0. The van der Waals surface area contributed by atoms with Crippen LogP contribution in [0.5, 0.6) is 0 Å². The van der Waals surface area contributed by atoms with Crippen molar-refractivity contribution < 1.29 is 40.1 Å². The normalized spacial score (nSPS) is 8.00. The molecule has 0 atom stereocenters. The van der Waals surface area contributed by atoms with Crippen LogP contribution >= 0.6 is 0 Å². The van der Waals surface area contributed by atoms with Gasteiger partial charge in [0.05, 0.1) is 0 Å². The van der Waals surface area contributed by atoms with Gasteiger partial charge in [0.25, 0.3) is 0 Å². The van der Waals surface area contributed by atoms with Gasteiger partial charge in [-0.3, -0.25) is 0 Å². The number of rotatable bonds is 0. The Morgan fingerprint density at radius 1 is 1.00 bits per heavy atom. The molecule has 5 nitrogen and oxygen atoms in total. The summed E-state index contributed by atoms with van der Waals surface area (Å²) in [4.78, 5) is 19.5. The molecule has 0 N–H and O–H groups in total. The minimum Gasteiger partial charge on any atom is -0.233 e. The molecule has 0 aliphatic rings. The zero-order valence-electron chi connectivity index (χ0n) is 3.54. The molecule has 0 aromatic carbocycles. The van der Waals surface area contributed by atoms with Gasteiger partial charge in [0.2, 0.25) is 0 Å². The second-order valence-corrected chi connectivity index (χ2v) is 0.810. The SMILES string of the molecule is O=c1oooc1=O.[Zr]. The fourth-order valence-corrected chi connectivity index (χ4v) is 0.147. The van der Waals surface area contributed by atoms with Crippen molar-refractivity contribution in [2.45, 2.75) is 0 Å². The summed E-state index contributed by atoms with van der Waals surface area (Å²) in [5, 5.41) is 0. The van der Waals surface area contributed by atoms with Crippen LogP contribution in [0.3, 0.4) is 0 Å². The molecule has 0 spiro atoms. The van der Waals surface area contributed by atoms with Crippen LogP contribution in [0, 0.1) is 0 Å². The summed E-state index contributed by atoms with van der Waals surface area (Å²) >= 11 is 0. The maximum atomic E-state index is 9.75. The molecule has 1 heterocycles. The Bertz CT molecular complexity index is 215. The molecule has 1 aromatic rings. The summed E-state index contributed by atoms with van der Waals surface area (Å²) < 4.78 is 10.6. The molecule has 0 saturated heterocycles. The monoisotopic (exact) mass is 194 g/mol. The number of hydrogen-bond donors (Lipinski definition) is 0. The van der Waals surface area contributed by atoms with E-state index in [9.17, 15) is 9.59 Å². The third kappa shape index (κ3) is 1.30. The quantitative estimate of drug-likeness (QED) is 0.399. The van der Waals surface area contributed by atoms with Crippen LogP contribution in [0.2, 0.25) is 0 Å². The van der Waals surface area contributed by atoms with Gasteiger partial charge in [-0.1, -0.05) is 4.74 Å². The first-order valence-corrected chi connectivity index (χ1v) is 1.40. The zero-order valence-corrected chi connectivity index (χ0v) is 6.00. The largest absolute Gasteiger partial charge is 0.471 e. The minimum atomic E-state index is -1.12. The molecule has 0 aliphatic carbocycles. The maximum absolute atomic E-state index is 9.75. The van der Waals surface area contributed by atoms with E-state index in [1.807, 2.05) is 0 Å². The summed E-state index contributed by atoms with van der Waals surface area (Å²) in [7, 11) is 0. The van der Waals surface area contributed by atoms with E-state index in [4.69, 9.17) is 0 Å². The molecular weight excluding hydrogens is 195 g/mol. The molecule has 0 radical (unpaired) electrons. The van der Waals surface area contributed by atoms with Gasteiger partial charge in [-0.15, -0.1) is 0 Å². The Labute approximate surface area is 61.3 Å². The molecule has 0 fully saturated rings. The van der Waals surface area contributed by atoms with Crippen molar-refractivity contribution in [3.05, 3.63) is 20.8 Å². The Morgan fingerprint density at radius 3 is 1.50 bits per heavy atom. The minimum absolute atomic E-state index is 0. The molecule has 1 aromatic heterocycles. The molecule has 0 saturated carbocycles. The van der Waals surface area contributed by atoms with Crippen molar-refractivity contribution in [1.29, 1.82) is 0 Å². The average molecular weight is 195 g/mol. The van der Waals surface area contributed by atoms with Crippen LogP contribution in [0.15, 0.2) is 23.5 Å². The van der Waals surface area contributed by atoms with Crippen LogP contribution < -0.4 is 11.3 Å². The third-order valence-electron chi connectivity index (χ3n) is 0.386. The van der Waals surface area contributed by atoms with Crippen LogP contribution in [-0.2, 0) is 26.2 Å². The molecule has 0 unspecified atom stereocenters. The van der Waals surface area contributed by atoms with Crippen LogP contribution in [-0.4, -0.2) is 0 Å². The Morgan fingerprint density at radius 2 is 1.38 bits per heavy atom. The van der Waals surface area contributed by atoms with Crippen molar-refractivity contribution >= 4 is 0 Å². The van der Waals surface area contributed by atoms with Gasteiger partial charge in [0.1, 0.15) is 0 Å². The molecule has 8 heavy (non-hydrogen) atoms. The molecule has 6 heteroatoms. The van der Waals surface area contributed by atoms with E-state index in [0.717, 1.165) is 0 Å². The summed E-state index contributed by atoms with van der Waals surface area (Å²) in [5.74, 6) is 0. The van der Waals surface area contributed by atoms with Crippen molar-refractivity contribution in [2.75, 3.05) is 0 Å². The Balaban J connectivity index is 0.000000490. The second-order valence-electron chi connectivity index (χ2n) is 0.810. The van der Waals surface area contributed by atoms with Gasteiger partial charge in [-0.05, 0) is 0 Å².